The lowest BCUT2D eigenvalue weighted by atomic mass is 10.0. The number of hydrogen-bond acceptors (Lipinski definition) is 5. The van der Waals surface area contributed by atoms with E-state index in [9.17, 15) is 19.8 Å². The van der Waals surface area contributed by atoms with E-state index in [1.165, 1.54) is 218 Å². The van der Waals surface area contributed by atoms with Gasteiger partial charge in [0.1, 0.15) is 0 Å². The highest BCUT2D eigenvalue weighted by Crippen LogP contribution is 2.17. The maximum Gasteiger partial charge on any atom is 0.305 e. The smallest absolute Gasteiger partial charge is 0.305 e. The molecule has 0 heterocycles. The first-order valence-electron chi connectivity index (χ1n) is 27.5. The highest BCUT2D eigenvalue weighted by atomic mass is 16.5. The number of aliphatic hydroxyl groups is 2. The molecule has 0 fully saturated rings. The molecule has 0 saturated heterocycles. The molecule has 0 bridgehead atoms. The van der Waals surface area contributed by atoms with E-state index in [0.717, 1.165) is 57.8 Å². The molecule has 0 aliphatic carbocycles. The Morgan fingerprint density at radius 2 is 0.754 bits per heavy atom. The fourth-order valence-corrected chi connectivity index (χ4v) is 8.58. The monoisotopic (exact) mass is 862 g/mol. The summed E-state index contributed by atoms with van der Waals surface area (Å²) in [6.45, 7) is 4.90. The van der Waals surface area contributed by atoms with Crippen molar-refractivity contribution in [3.8, 4) is 0 Å². The molecule has 0 aromatic rings. The molecule has 0 radical (unpaired) electrons. The molecule has 0 aromatic heterocycles. The summed E-state index contributed by atoms with van der Waals surface area (Å²) in [5.74, 6) is -0.0772. The van der Waals surface area contributed by atoms with Gasteiger partial charge in [0.2, 0.25) is 5.91 Å². The molecule has 0 aliphatic rings. The minimum atomic E-state index is -0.850. The fourth-order valence-electron chi connectivity index (χ4n) is 8.58. The molecule has 61 heavy (non-hydrogen) atoms. The summed E-state index contributed by atoms with van der Waals surface area (Å²) in [6.07, 6.45) is 59.3. The van der Waals surface area contributed by atoms with Crippen LogP contribution in [0.15, 0.2) is 12.2 Å². The fraction of sp³-hybridized carbons (Fsp3) is 0.927. The van der Waals surface area contributed by atoms with Crippen molar-refractivity contribution in [2.45, 2.75) is 315 Å². The van der Waals surface area contributed by atoms with Gasteiger partial charge in [-0.1, -0.05) is 270 Å². The second-order valence-corrected chi connectivity index (χ2v) is 18.9. The van der Waals surface area contributed by atoms with Gasteiger partial charge in [-0.15, -0.1) is 0 Å². The molecular weight excluding hydrogens is 755 g/mol. The van der Waals surface area contributed by atoms with Crippen molar-refractivity contribution < 1.29 is 24.5 Å². The van der Waals surface area contributed by atoms with Gasteiger partial charge in [0.15, 0.2) is 0 Å². The van der Waals surface area contributed by atoms with Crippen molar-refractivity contribution in [2.75, 3.05) is 13.2 Å². The Balaban J connectivity index is 3.46. The molecule has 362 valence electrons. The van der Waals surface area contributed by atoms with E-state index < -0.39 is 12.1 Å². The lowest BCUT2D eigenvalue weighted by Crippen LogP contribution is -2.45. The van der Waals surface area contributed by atoms with E-state index in [1.807, 2.05) is 6.08 Å². The molecule has 6 nitrogen and oxygen atoms in total. The Morgan fingerprint density at radius 3 is 1.11 bits per heavy atom. The van der Waals surface area contributed by atoms with Crippen molar-refractivity contribution in [1.82, 2.24) is 5.32 Å². The number of allylic oxidation sites excluding steroid dienone is 1. The zero-order chi connectivity index (χ0) is 44.4. The molecule has 1 amide bonds. The van der Waals surface area contributed by atoms with Crippen LogP contribution in [0.1, 0.15) is 303 Å². The first-order valence-corrected chi connectivity index (χ1v) is 27.5. The van der Waals surface area contributed by atoms with Crippen LogP contribution in [-0.4, -0.2) is 47.4 Å². The minimum Gasteiger partial charge on any atom is -0.466 e. The Morgan fingerprint density at radius 1 is 0.443 bits per heavy atom. The van der Waals surface area contributed by atoms with E-state index in [0.29, 0.717) is 19.4 Å². The number of esters is 1. The maximum absolute atomic E-state index is 12.4. The topological polar surface area (TPSA) is 95.9 Å². The molecule has 0 aromatic carbocycles. The van der Waals surface area contributed by atoms with E-state index >= 15 is 0 Å². The second-order valence-electron chi connectivity index (χ2n) is 18.9. The van der Waals surface area contributed by atoms with Gasteiger partial charge in [0, 0.05) is 12.8 Å². The van der Waals surface area contributed by atoms with Crippen LogP contribution in [-0.2, 0) is 14.3 Å². The van der Waals surface area contributed by atoms with Crippen molar-refractivity contribution in [2.24, 2.45) is 0 Å². The van der Waals surface area contributed by atoms with Crippen LogP contribution in [0.3, 0.4) is 0 Å². The van der Waals surface area contributed by atoms with E-state index in [4.69, 9.17) is 4.74 Å². The van der Waals surface area contributed by atoms with Gasteiger partial charge in [-0.25, -0.2) is 0 Å². The van der Waals surface area contributed by atoms with Gasteiger partial charge in [-0.05, 0) is 32.1 Å². The quantitative estimate of drug-likeness (QED) is 0.0322. The molecule has 0 saturated carbocycles. The third kappa shape index (κ3) is 47.9. The Hall–Kier alpha value is -1.40. The molecule has 0 rings (SSSR count). The normalized spacial score (nSPS) is 12.7. The SMILES string of the molecule is CCCCCCCCCCCCCCCC/C=C/C(O)C(CO)NC(=O)CCCCCCCCCCCCCCCCOC(=O)CCCCCCCCCCCCCCCC. The molecule has 2 atom stereocenters. The largest absolute Gasteiger partial charge is 0.466 e. The number of carbonyl (C=O) groups excluding carboxylic acids is 2. The number of rotatable bonds is 51. The Labute approximate surface area is 380 Å². The zero-order valence-electron chi connectivity index (χ0n) is 41.2. The number of unbranched alkanes of at least 4 members (excludes halogenated alkanes) is 40. The number of amides is 1. The van der Waals surface area contributed by atoms with Crippen LogP contribution in [0.5, 0.6) is 0 Å². The summed E-state index contributed by atoms with van der Waals surface area (Å²) in [6, 6.07) is -0.634. The number of nitrogens with one attached hydrogen (secondary N) is 1. The third-order valence-corrected chi connectivity index (χ3v) is 12.8. The lowest BCUT2D eigenvalue weighted by molar-refractivity contribution is -0.143. The number of carbonyl (C=O) groups is 2. The average Bonchev–Trinajstić information content (AvgIpc) is 3.26. The van der Waals surface area contributed by atoms with Gasteiger partial charge in [-0.3, -0.25) is 9.59 Å². The minimum absolute atomic E-state index is 0.000792. The Bertz CT molecular complexity index is 909. The predicted molar refractivity (Wildman–Crippen MR) is 264 cm³/mol. The first-order chi connectivity index (χ1) is 30.0. The highest BCUT2D eigenvalue weighted by Gasteiger charge is 2.18. The van der Waals surface area contributed by atoms with E-state index in [2.05, 4.69) is 19.2 Å². The lowest BCUT2D eigenvalue weighted by Gasteiger charge is -2.20. The van der Waals surface area contributed by atoms with Crippen LogP contribution < -0.4 is 5.32 Å². The van der Waals surface area contributed by atoms with Gasteiger partial charge in [0.25, 0.3) is 0 Å². The summed E-state index contributed by atoms with van der Waals surface area (Å²) >= 11 is 0. The van der Waals surface area contributed by atoms with Crippen LogP contribution >= 0.6 is 0 Å². The Kier molecular flexibility index (Phi) is 50.1. The average molecular weight is 862 g/mol. The number of aliphatic hydroxyl groups excluding tert-OH is 2. The maximum atomic E-state index is 12.4. The highest BCUT2D eigenvalue weighted by molar-refractivity contribution is 5.76. The van der Waals surface area contributed by atoms with Gasteiger partial charge in [-0.2, -0.15) is 0 Å². The van der Waals surface area contributed by atoms with Crippen LogP contribution in [0, 0.1) is 0 Å². The van der Waals surface area contributed by atoms with Gasteiger partial charge >= 0.3 is 5.97 Å². The van der Waals surface area contributed by atoms with Gasteiger partial charge < -0.3 is 20.3 Å². The van der Waals surface area contributed by atoms with Crippen molar-refractivity contribution >= 4 is 11.9 Å². The molecule has 0 spiro atoms. The van der Waals surface area contributed by atoms with Crippen molar-refractivity contribution in [1.29, 1.82) is 0 Å². The molecule has 2 unspecified atom stereocenters. The van der Waals surface area contributed by atoms with Crippen molar-refractivity contribution in [3.05, 3.63) is 12.2 Å². The molecule has 6 heteroatoms. The molecule has 3 N–H and O–H groups in total. The molecule has 0 aliphatic heterocycles. The summed E-state index contributed by atoms with van der Waals surface area (Å²) < 4.78 is 5.47. The molecular formula is C55H107NO5. The second kappa shape index (κ2) is 51.2. The van der Waals surface area contributed by atoms with Gasteiger partial charge in [0.05, 0.1) is 25.4 Å². The summed E-state index contributed by atoms with van der Waals surface area (Å²) in [7, 11) is 0. The standard InChI is InChI=1S/C55H107NO5/c1-3-5-7-9-11-13-15-17-19-20-23-27-31-35-39-43-47-53(58)52(51-57)56-54(59)48-44-40-36-32-28-24-21-22-26-30-34-38-42-46-50-61-55(60)49-45-41-37-33-29-25-18-16-14-12-10-8-6-4-2/h43,47,52-53,57-58H,3-42,44-46,48-51H2,1-2H3,(H,56,59)/b47-43+. The van der Waals surface area contributed by atoms with E-state index in [-0.39, 0.29) is 18.5 Å². The van der Waals surface area contributed by atoms with E-state index in [1.54, 1.807) is 6.08 Å². The number of hydrogen-bond donors (Lipinski definition) is 3. The van der Waals surface area contributed by atoms with Crippen molar-refractivity contribution in [3.63, 3.8) is 0 Å². The summed E-state index contributed by atoms with van der Waals surface area (Å²) in [4.78, 5) is 24.5. The summed E-state index contributed by atoms with van der Waals surface area (Å²) in [5.41, 5.74) is 0. The van der Waals surface area contributed by atoms with Crippen LogP contribution in [0.25, 0.3) is 0 Å². The van der Waals surface area contributed by atoms with Crippen LogP contribution in [0.2, 0.25) is 0 Å². The van der Waals surface area contributed by atoms with Crippen LogP contribution in [0.4, 0.5) is 0 Å². The third-order valence-electron chi connectivity index (χ3n) is 12.8. The number of ether oxygens (including phenoxy) is 1. The first kappa shape index (κ1) is 59.6. The zero-order valence-corrected chi connectivity index (χ0v) is 41.2. The predicted octanol–water partition coefficient (Wildman–Crippen LogP) is 16.5. The summed E-state index contributed by atoms with van der Waals surface area (Å²) in [5, 5.41) is 23.1.